The first-order valence-electron chi connectivity index (χ1n) is 6.88. The number of aryl methyl sites for hydroxylation is 1. The minimum Gasteiger partial charge on any atom is -0.340 e. The first-order chi connectivity index (χ1) is 11.2. The molecule has 0 fully saturated rings. The van der Waals surface area contributed by atoms with Crippen LogP contribution in [0.25, 0.3) is 16.7 Å². The minimum absolute atomic E-state index is 0.0929. The summed E-state index contributed by atoms with van der Waals surface area (Å²) in [6.45, 7) is 1.77. The molecular formula is C14H11N7O2. The topological polar surface area (TPSA) is 105 Å². The van der Waals surface area contributed by atoms with Crippen LogP contribution in [0.4, 0.5) is 0 Å². The van der Waals surface area contributed by atoms with E-state index in [1.54, 1.807) is 11.6 Å². The molecule has 4 aromatic rings. The van der Waals surface area contributed by atoms with Crippen LogP contribution < -0.4 is 5.56 Å². The van der Waals surface area contributed by atoms with Crippen LogP contribution in [0.5, 0.6) is 0 Å². The van der Waals surface area contributed by atoms with Crippen molar-refractivity contribution < 1.29 is 4.52 Å². The molecule has 4 rings (SSSR count). The van der Waals surface area contributed by atoms with Crippen molar-refractivity contribution in [3.05, 3.63) is 58.6 Å². The Bertz CT molecular complexity index is 1030. The fraction of sp³-hybridized carbons (Fsp3) is 0.143. The number of rotatable bonds is 3. The second-order valence-corrected chi connectivity index (χ2v) is 4.91. The molecule has 0 atom stereocenters. The Balaban J connectivity index is 1.79. The van der Waals surface area contributed by atoms with E-state index in [4.69, 9.17) is 4.52 Å². The van der Waals surface area contributed by atoms with E-state index in [1.165, 1.54) is 10.9 Å². The van der Waals surface area contributed by atoms with Crippen molar-refractivity contribution in [1.29, 1.82) is 0 Å². The molecule has 0 unspecified atom stereocenters. The summed E-state index contributed by atoms with van der Waals surface area (Å²) < 4.78 is 7.65. The molecule has 3 heterocycles. The molecule has 0 saturated carbocycles. The van der Waals surface area contributed by atoms with Gasteiger partial charge in [0.25, 0.3) is 5.56 Å². The van der Waals surface area contributed by atoms with Gasteiger partial charge in [-0.05, 0) is 12.1 Å². The zero-order valence-electron chi connectivity index (χ0n) is 12.1. The summed E-state index contributed by atoms with van der Waals surface area (Å²) in [6, 6.07) is 9.43. The molecular weight excluding hydrogens is 298 g/mol. The Labute approximate surface area is 129 Å². The number of fused-ring (bicyclic) bond motifs is 1. The predicted molar refractivity (Wildman–Crippen MR) is 79.1 cm³/mol. The van der Waals surface area contributed by atoms with Gasteiger partial charge in [0.1, 0.15) is 11.9 Å². The van der Waals surface area contributed by atoms with Crippen molar-refractivity contribution in [2.45, 2.75) is 13.5 Å². The summed E-state index contributed by atoms with van der Waals surface area (Å²) in [5.74, 6) is 0.799. The van der Waals surface area contributed by atoms with Crippen LogP contribution >= 0.6 is 0 Å². The molecule has 0 bridgehead atoms. The Hall–Kier alpha value is -3.36. The molecule has 0 saturated heterocycles. The maximum Gasteiger partial charge on any atom is 0.281 e. The standard InChI is InChI=1S/C14H11N7O2/c1-9-16-12(18-23-9)8-20-14(22)11-7-15-21(13(11)17-19-20)10-5-3-2-4-6-10/h2-7H,8H2,1H3. The summed E-state index contributed by atoms with van der Waals surface area (Å²) in [7, 11) is 0. The van der Waals surface area contributed by atoms with Crippen LogP contribution in [0.1, 0.15) is 11.7 Å². The van der Waals surface area contributed by atoms with Gasteiger partial charge in [0.15, 0.2) is 11.5 Å². The molecule has 0 N–H and O–H groups in total. The van der Waals surface area contributed by atoms with Crippen LogP contribution in [0.2, 0.25) is 0 Å². The van der Waals surface area contributed by atoms with Crippen LogP contribution in [-0.4, -0.2) is 34.9 Å². The van der Waals surface area contributed by atoms with Gasteiger partial charge in [0.05, 0.1) is 11.9 Å². The average Bonchev–Trinajstić information content (AvgIpc) is 3.17. The third kappa shape index (κ3) is 2.27. The summed E-state index contributed by atoms with van der Waals surface area (Å²) in [5.41, 5.74) is 0.907. The van der Waals surface area contributed by atoms with Gasteiger partial charge in [-0.3, -0.25) is 4.79 Å². The summed E-state index contributed by atoms with van der Waals surface area (Å²) in [4.78, 5) is 16.6. The molecule has 0 spiro atoms. The molecule has 9 nitrogen and oxygen atoms in total. The van der Waals surface area contributed by atoms with Gasteiger partial charge in [-0.2, -0.15) is 10.1 Å². The highest BCUT2D eigenvalue weighted by molar-refractivity contribution is 5.74. The number of nitrogens with zero attached hydrogens (tertiary/aromatic N) is 7. The number of hydrogen-bond acceptors (Lipinski definition) is 7. The number of para-hydroxylation sites is 1. The summed E-state index contributed by atoms with van der Waals surface area (Å²) in [5, 5.41) is 16.4. The average molecular weight is 309 g/mol. The molecule has 0 aliphatic carbocycles. The Morgan fingerprint density at radius 1 is 1.22 bits per heavy atom. The van der Waals surface area contributed by atoms with E-state index in [1.807, 2.05) is 30.3 Å². The summed E-state index contributed by atoms with van der Waals surface area (Å²) in [6.07, 6.45) is 1.48. The third-order valence-electron chi connectivity index (χ3n) is 3.32. The quantitative estimate of drug-likeness (QED) is 0.549. The van der Waals surface area contributed by atoms with Crippen molar-refractivity contribution >= 4 is 11.0 Å². The maximum atomic E-state index is 12.5. The lowest BCUT2D eigenvalue weighted by atomic mass is 10.3. The fourth-order valence-electron chi connectivity index (χ4n) is 2.27. The molecule has 114 valence electrons. The Kier molecular flexibility index (Phi) is 2.97. The zero-order valence-corrected chi connectivity index (χ0v) is 12.1. The first kappa shape index (κ1) is 13.3. The van der Waals surface area contributed by atoms with Gasteiger partial charge in [0, 0.05) is 6.92 Å². The molecule has 23 heavy (non-hydrogen) atoms. The third-order valence-corrected chi connectivity index (χ3v) is 3.32. The normalized spacial score (nSPS) is 11.2. The molecule has 0 amide bonds. The molecule has 0 radical (unpaired) electrons. The molecule has 0 aliphatic heterocycles. The van der Waals surface area contributed by atoms with Gasteiger partial charge in [0.2, 0.25) is 5.89 Å². The number of aromatic nitrogens is 7. The van der Waals surface area contributed by atoms with Gasteiger partial charge >= 0.3 is 0 Å². The van der Waals surface area contributed by atoms with E-state index in [0.717, 1.165) is 5.69 Å². The van der Waals surface area contributed by atoms with Crippen LogP contribution in [0.3, 0.4) is 0 Å². The van der Waals surface area contributed by atoms with E-state index in [0.29, 0.717) is 22.7 Å². The van der Waals surface area contributed by atoms with Gasteiger partial charge in [-0.15, -0.1) is 5.10 Å². The second kappa shape index (κ2) is 5.13. The Morgan fingerprint density at radius 3 is 2.78 bits per heavy atom. The highest BCUT2D eigenvalue weighted by Gasteiger charge is 2.14. The lowest BCUT2D eigenvalue weighted by Gasteiger charge is -2.02. The maximum absolute atomic E-state index is 12.5. The van der Waals surface area contributed by atoms with Crippen molar-refractivity contribution in [3.63, 3.8) is 0 Å². The zero-order chi connectivity index (χ0) is 15.8. The van der Waals surface area contributed by atoms with Crippen LogP contribution in [0.15, 0.2) is 45.8 Å². The number of benzene rings is 1. The molecule has 9 heteroatoms. The number of hydrogen-bond donors (Lipinski definition) is 0. The lowest BCUT2D eigenvalue weighted by Crippen LogP contribution is -2.25. The van der Waals surface area contributed by atoms with Crippen molar-refractivity contribution in [1.82, 2.24) is 34.9 Å². The Morgan fingerprint density at radius 2 is 2.04 bits per heavy atom. The van der Waals surface area contributed by atoms with E-state index in [2.05, 4.69) is 25.6 Å². The molecule has 1 aromatic carbocycles. The highest BCUT2D eigenvalue weighted by atomic mass is 16.5. The summed E-state index contributed by atoms with van der Waals surface area (Å²) >= 11 is 0. The van der Waals surface area contributed by atoms with E-state index < -0.39 is 0 Å². The lowest BCUT2D eigenvalue weighted by molar-refractivity contribution is 0.384. The molecule has 0 aliphatic rings. The van der Waals surface area contributed by atoms with Crippen molar-refractivity contribution in [3.8, 4) is 5.69 Å². The van der Waals surface area contributed by atoms with E-state index >= 15 is 0 Å². The van der Waals surface area contributed by atoms with Crippen LogP contribution in [-0.2, 0) is 6.54 Å². The smallest absolute Gasteiger partial charge is 0.281 e. The van der Waals surface area contributed by atoms with E-state index in [-0.39, 0.29) is 12.1 Å². The van der Waals surface area contributed by atoms with E-state index in [9.17, 15) is 4.79 Å². The highest BCUT2D eigenvalue weighted by Crippen LogP contribution is 2.12. The first-order valence-corrected chi connectivity index (χ1v) is 6.88. The van der Waals surface area contributed by atoms with Gasteiger partial charge < -0.3 is 4.52 Å². The SMILES string of the molecule is Cc1nc(Cn2nnc3c(cnn3-c3ccccc3)c2=O)no1. The monoisotopic (exact) mass is 309 g/mol. The van der Waals surface area contributed by atoms with Crippen molar-refractivity contribution in [2.24, 2.45) is 0 Å². The van der Waals surface area contributed by atoms with Gasteiger partial charge in [-0.25, -0.2) is 9.36 Å². The molecule has 3 aromatic heterocycles. The largest absolute Gasteiger partial charge is 0.340 e. The van der Waals surface area contributed by atoms with Gasteiger partial charge in [-0.1, -0.05) is 28.6 Å². The minimum atomic E-state index is -0.306. The van der Waals surface area contributed by atoms with Crippen LogP contribution in [0, 0.1) is 6.92 Å². The second-order valence-electron chi connectivity index (χ2n) is 4.91. The van der Waals surface area contributed by atoms with Crippen molar-refractivity contribution in [2.75, 3.05) is 0 Å². The predicted octanol–water partition coefficient (Wildman–Crippen LogP) is 0.717. The fourth-order valence-corrected chi connectivity index (χ4v) is 2.27.